The quantitative estimate of drug-likeness (QED) is 0.629. The standard InChI is InChI=1S/C12H16ClNO3/c1-16-9-5-6-10(13)11(8-9)14-7-3-4-12(15)17-2/h5-6,8,14H,3-4,7H2,1-2H3. The summed E-state index contributed by atoms with van der Waals surface area (Å²) in [6.45, 7) is 0.655. The minimum atomic E-state index is -0.205. The van der Waals surface area contributed by atoms with Gasteiger partial charge in [0.2, 0.25) is 0 Å². The normalized spacial score (nSPS) is 9.82. The number of benzene rings is 1. The molecule has 0 unspecified atom stereocenters. The van der Waals surface area contributed by atoms with Gasteiger partial charge in [-0.2, -0.15) is 0 Å². The molecule has 1 N–H and O–H groups in total. The number of methoxy groups -OCH3 is 2. The van der Waals surface area contributed by atoms with Crippen LogP contribution in [0.4, 0.5) is 5.69 Å². The van der Waals surface area contributed by atoms with E-state index in [0.717, 1.165) is 11.4 Å². The number of halogens is 1. The molecule has 94 valence electrons. The van der Waals surface area contributed by atoms with Crippen molar-refractivity contribution in [2.45, 2.75) is 12.8 Å². The van der Waals surface area contributed by atoms with Gasteiger partial charge in [0.15, 0.2) is 0 Å². The first-order chi connectivity index (χ1) is 8.17. The molecule has 0 saturated heterocycles. The lowest BCUT2D eigenvalue weighted by Crippen LogP contribution is -2.06. The average molecular weight is 258 g/mol. The third-order valence-corrected chi connectivity index (χ3v) is 2.60. The van der Waals surface area contributed by atoms with Crippen molar-refractivity contribution in [3.05, 3.63) is 23.2 Å². The molecular formula is C12H16ClNO3. The third kappa shape index (κ3) is 4.53. The van der Waals surface area contributed by atoms with Crippen LogP contribution in [-0.4, -0.2) is 26.7 Å². The lowest BCUT2D eigenvalue weighted by atomic mass is 10.2. The summed E-state index contributed by atoms with van der Waals surface area (Å²) in [5, 5.41) is 3.78. The number of hydrogen-bond acceptors (Lipinski definition) is 4. The predicted octanol–water partition coefficient (Wildman–Crippen LogP) is 2.71. The summed E-state index contributed by atoms with van der Waals surface area (Å²) < 4.78 is 9.65. The van der Waals surface area contributed by atoms with Crippen molar-refractivity contribution in [3.63, 3.8) is 0 Å². The van der Waals surface area contributed by atoms with Crippen molar-refractivity contribution >= 4 is 23.3 Å². The number of carbonyl (C=O) groups is 1. The molecular weight excluding hydrogens is 242 g/mol. The zero-order valence-electron chi connectivity index (χ0n) is 9.96. The Morgan fingerprint density at radius 3 is 2.82 bits per heavy atom. The molecule has 0 spiro atoms. The number of ether oxygens (including phenoxy) is 2. The molecule has 0 atom stereocenters. The Morgan fingerprint density at radius 1 is 1.41 bits per heavy atom. The molecule has 1 rings (SSSR count). The number of hydrogen-bond donors (Lipinski definition) is 1. The van der Waals surface area contributed by atoms with Gasteiger partial charge in [-0.15, -0.1) is 0 Å². The highest BCUT2D eigenvalue weighted by Crippen LogP contribution is 2.26. The van der Waals surface area contributed by atoms with Gasteiger partial charge >= 0.3 is 5.97 Å². The van der Waals surface area contributed by atoms with Gasteiger partial charge in [-0.05, 0) is 18.6 Å². The van der Waals surface area contributed by atoms with Crippen LogP contribution in [0, 0.1) is 0 Å². The average Bonchev–Trinajstić information content (AvgIpc) is 2.36. The highest BCUT2D eigenvalue weighted by molar-refractivity contribution is 6.33. The molecule has 1 aromatic rings. The van der Waals surface area contributed by atoms with Crippen LogP contribution in [-0.2, 0) is 9.53 Å². The Kier molecular flexibility index (Phi) is 5.63. The van der Waals surface area contributed by atoms with E-state index in [-0.39, 0.29) is 5.97 Å². The summed E-state index contributed by atoms with van der Waals surface area (Å²) in [4.78, 5) is 10.9. The van der Waals surface area contributed by atoms with Crippen molar-refractivity contribution in [1.29, 1.82) is 0 Å². The first kappa shape index (κ1) is 13.6. The number of anilines is 1. The maximum absolute atomic E-state index is 10.9. The number of rotatable bonds is 6. The van der Waals surface area contributed by atoms with Crippen LogP contribution in [0.3, 0.4) is 0 Å². The minimum Gasteiger partial charge on any atom is -0.497 e. The molecule has 0 aliphatic rings. The third-order valence-electron chi connectivity index (χ3n) is 2.27. The highest BCUT2D eigenvalue weighted by atomic mass is 35.5. The van der Waals surface area contributed by atoms with Crippen LogP contribution in [0.2, 0.25) is 5.02 Å². The van der Waals surface area contributed by atoms with Crippen molar-refractivity contribution in [2.24, 2.45) is 0 Å². The Morgan fingerprint density at radius 2 is 2.18 bits per heavy atom. The molecule has 0 fully saturated rings. The van der Waals surface area contributed by atoms with Crippen LogP contribution >= 0.6 is 11.6 Å². The largest absolute Gasteiger partial charge is 0.497 e. The molecule has 0 aromatic heterocycles. The summed E-state index contributed by atoms with van der Waals surface area (Å²) in [5.41, 5.74) is 0.802. The zero-order chi connectivity index (χ0) is 12.7. The monoisotopic (exact) mass is 257 g/mol. The molecule has 0 bridgehead atoms. The molecule has 17 heavy (non-hydrogen) atoms. The molecule has 4 nitrogen and oxygen atoms in total. The molecule has 1 aromatic carbocycles. The van der Waals surface area contributed by atoms with E-state index in [1.807, 2.05) is 6.07 Å². The first-order valence-corrected chi connectivity index (χ1v) is 5.69. The van der Waals surface area contributed by atoms with Gasteiger partial charge in [0.25, 0.3) is 0 Å². The van der Waals surface area contributed by atoms with Crippen molar-refractivity contribution < 1.29 is 14.3 Å². The lowest BCUT2D eigenvalue weighted by Gasteiger charge is -2.09. The Hall–Kier alpha value is -1.42. The van der Waals surface area contributed by atoms with E-state index in [1.165, 1.54) is 7.11 Å². The van der Waals surface area contributed by atoms with E-state index in [1.54, 1.807) is 19.2 Å². The van der Waals surface area contributed by atoms with Gasteiger partial charge in [0.05, 0.1) is 24.9 Å². The Balaban J connectivity index is 2.43. The van der Waals surface area contributed by atoms with Crippen molar-refractivity contribution in [3.8, 4) is 5.75 Å². The van der Waals surface area contributed by atoms with E-state index in [0.29, 0.717) is 24.4 Å². The fourth-order valence-corrected chi connectivity index (χ4v) is 1.51. The van der Waals surface area contributed by atoms with Crippen LogP contribution in [0.1, 0.15) is 12.8 Å². The smallest absolute Gasteiger partial charge is 0.305 e. The fraction of sp³-hybridized carbons (Fsp3) is 0.417. The van der Waals surface area contributed by atoms with E-state index in [4.69, 9.17) is 16.3 Å². The van der Waals surface area contributed by atoms with E-state index in [2.05, 4.69) is 10.1 Å². The molecule has 0 aliphatic heterocycles. The minimum absolute atomic E-state index is 0.205. The predicted molar refractivity (Wildman–Crippen MR) is 67.7 cm³/mol. The number of esters is 1. The van der Waals surface area contributed by atoms with E-state index < -0.39 is 0 Å². The topological polar surface area (TPSA) is 47.6 Å². The van der Waals surface area contributed by atoms with Crippen molar-refractivity contribution in [1.82, 2.24) is 0 Å². The van der Waals surface area contributed by atoms with Gasteiger partial charge in [-0.1, -0.05) is 11.6 Å². The fourth-order valence-electron chi connectivity index (χ4n) is 1.32. The summed E-state index contributed by atoms with van der Waals surface area (Å²) >= 11 is 6.01. The van der Waals surface area contributed by atoms with Gasteiger partial charge in [0.1, 0.15) is 5.75 Å². The zero-order valence-corrected chi connectivity index (χ0v) is 10.7. The molecule has 0 amide bonds. The SMILES string of the molecule is COC(=O)CCCNc1cc(OC)ccc1Cl. The Labute approximate surface area is 106 Å². The summed E-state index contributed by atoms with van der Waals surface area (Å²) in [5.74, 6) is 0.536. The summed E-state index contributed by atoms with van der Waals surface area (Å²) in [7, 11) is 2.99. The lowest BCUT2D eigenvalue weighted by molar-refractivity contribution is -0.140. The van der Waals surface area contributed by atoms with Gasteiger partial charge in [0, 0.05) is 19.0 Å². The van der Waals surface area contributed by atoms with Crippen LogP contribution in [0.15, 0.2) is 18.2 Å². The van der Waals surface area contributed by atoms with Crippen LogP contribution in [0.5, 0.6) is 5.75 Å². The second kappa shape index (κ2) is 7.01. The number of carbonyl (C=O) groups excluding carboxylic acids is 1. The molecule has 0 aliphatic carbocycles. The summed E-state index contributed by atoms with van der Waals surface area (Å²) in [6.07, 6.45) is 1.09. The molecule has 0 saturated carbocycles. The van der Waals surface area contributed by atoms with Crippen LogP contribution in [0.25, 0.3) is 0 Å². The number of nitrogens with one attached hydrogen (secondary N) is 1. The highest BCUT2D eigenvalue weighted by Gasteiger charge is 2.03. The molecule has 0 radical (unpaired) electrons. The van der Waals surface area contributed by atoms with E-state index in [9.17, 15) is 4.79 Å². The maximum Gasteiger partial charge on any atom is 0.305 e. The second-order valence-electron chi connectivity index (χ2n) is 3.45. The second-order valence-corrected chi connectivity index (χ2v) is 3.86. The Bertz CT molecular complexity index is 382. The van der Waals surface area contributed by atoms with E-state index >= 15 is 0 Å². The van der Waals surface area contributed by atoms with Gasteiger partial charge in [-0.25, -0.2) is 0 Å². The van der Waals surface area contributed by atoms with Gasteiger partial charge < -0.3 is 14.8 Å². The summed E-state index contributed by atoms with van der Waals surface area (Å²) in [6, 6.07) is 5.38. The van der Waals surface area contributed by atoms with Gasteiger partial charge in [-0.3, -0.25) is 4.79 Å². The van der Waals surface area contributed by atoms with Crippen LogP contribution < -0.4 is 10.1 Å². The molecule has 5 heteroatoms. The first-order valence-electron chi connectivity index (χ1n) is 5.31. The maximum atomic E-state index is 10.9. The van der Waals surface area contributed by atoms with Crippen molar-refractivity contribution in [2.75, 3.05) is 26.1 Å². The molecule has 0 heterocycles.